The van der Waals surface area contributed by atoms with Crippen molar-refractivity contribution in [1.82, 2.24) is 0 Å². The second kappa shape index (κ2) is 7.97. The molecule has 0 bridgehead atoms. The van der Waals surface area contributed by atoms with E-state index in [9.17, 15) is 0 Å². The average molecular weight is 209 g/mol. The maximum Gasteiger partial charge on any atom is 0.618 e. The van der Waals surface area contributed by atoms with Crippen LogP contribution < -0.4 is 0 Å². The molecule has 0 amide bonds. The average Bonchev–Trinajstić information content (AvgIpc) is 1.57. The number of rotatable bonds is 1. The van der Waals surface area contributed by atoms with Crippen molar-refractivity contribution in [3.05, 3.63) is 0 Å². The maximum absolute atomic E-state index is 4.90. The van der Waals surface area contributed by atoms with Crippen molar-refractivity contribution in [2.24, 2.45) is 11.3 Å². The lowest BCUT2D eigenvalue weighted by Crippen LogP contribution is -2.08. The lowest BCUT2D eigenvalue weighted by molar-refractivity contribution is 0.320. The second-order valence-corrected chi connectivity index (χ2v) is 6.89. The predicted molar refractivity (Wildman–Crippen MR) is 56.4 cm³/mol. The third-order valence-corrected chi connectivity index (χ3v) is 1.02. The molecule has 0 N–H and O–H groups in total. The lowest BCUT2D eigenvalue weighted by Gasteiger charge is -2.19. The summed E-state index contributed by atoms with van der Waals surface area (Å²) in [6.07, 6.45) is 1.33. The van der Waals surface area contributed by atoms with E-state index in [1.54, 1.807) is 0 Å². The van der Waals surface area contributed by atoms with Crippen molar-refractivity contribution >= 4 is 36.3 Å². The molecule has 0 heterocycles. The van der Waals surface area contributed by atoms with Crippen LogP contribution in [0.3, 0.4) is 0 Å². The molecule has 0 fully saturated rings. The van der Waals surface area contributed by atoms with E-state index in [1.165, 1.54) is 6.42 Å². The van der Waals surface area contributed by atoms with Crippen molar-refractivity contribution in [3.8, 4) is 0 Å². The molecule has 0 spiro atoms. The molecule has 0 rings (SSSR count). The summed E-state index contributed by atoms with van der Waals surface area (Å²) in [5, 5.41) is 0. The third-order valence-electron chi connectivity index (χ3n) is 1.02. The quantitative estimate of drug-likeness (QED) is 0.571. The van der Waals surface area contributed by atoms with Crippen molar-refractivity contribution in [2.45, 2.75) is 41.0 Å². The molecule has 0 saturated carbocycles. The van der Waals surface area contributed by atoms with Crippen LogP contribution in [0.1, 0.15) is 41.0 Å². The van der Waals surface area contributed by atoms with E-state index in [2.05, 4.69) is 34.6 Å². The molecule has 0 aromatic carbocycles. The number of hydrogen-bond donors (Lipinski definition) is 0. The number of hydrogen-bond acceptors (Lipinski definition) is 0. The van der Waals surface area contributed by atoms with Gasteiger partial charge in [-0.3, -0.25) is 0 Å². The van der Waals surface area contributed by atoms with Gasteiger partial charge in [-0.25, -0.2) is 0 Å². The highest BCUT2D eigenvalue weighted by Gasteiger charge is 2.11. The van der Waals surface area contributed by atoms with Crippen LogP contribution in [0.2, 0.25) is 0 Å². The highest BCUT2D eigenvalue weighted by atomic mass is 35.6. The first-order valence-corrected chi connectivity index (χ1v) is 8.23. The summed E-state index contributed by atoms with van der Waals surface area (Å²) >= 11 is -0.639. The lowest BCUT2D eigenvalue weighted by atomic mass is 9.86. The topological polar surface area (TPSA) is 0 Å². The van der Waals surface area contributed by atoms with Crippen LogP contribution >= 0.6 is 18.1 Å². The van der Waals surface area contributed by atoms with E-state index in [0.29, 0.717) is 5.41 Å². The Kier molecular flexibility index (Phi) is 10.8. The maximum atomic E-state index is 4.90. The van der Waals surface area contributed by atoms with Crippen LogP contribution in [-0.4, -0.2) is 18.2 Å². The summed E-state index contributed by atoms with van der Waals surface area (Å²) in [7, 11) is 9.81. The molecule has 0 saturated heterocycles. The Morgan fingerprint density at radius 3 is 1.45 bits per heavy atom. The molecule has 0 aliphatic carbocycles. The zero-order valence-corrected chi connectivity index (χ0v) is 11.2. The van der Waals surface area contributed by atoms with Gasteiger partial charge in [0.25, 0.3) is 0 Å². The second-order valence-electron chi connectivity index (χ2n) is 4.26. The van der Waals surface area contributed by atoms with Gasteiger partial charge in [-0.15, -0.1) is 0 Å². The van der Waals surface area contributed by atoms with E-state index < -0.39 is 18.2 Å². The molecule has 0 unspecified atom stereocenters. The first-order chi connectivity index (χ1) is 4.83. The molecule has 0 aromatic rings. The Hall–Kier alpha value is 1.35. The van der Waals surface area contributed by atoms with Crippen LogP contribution in [0.5, 0.6) is 0 Å². The van der Waals surface area contributed by atoms with Crippen LogP contribution in [0.4, 0.5) is 0 Å². The Balaban J connectivity index is 0. The van der Waals surface area contributed by atoms with E-state index in [0.717, 1.165) is 5.92 Å². The fraction of sp³-hybridized carbons (Fsp3) is 1.00. The van der Waals surface area contributed by atoms with E-state index in [1.807, 2.05) is 0 Å². The molecule has 0 radical (unpaired) electrons. The zero-order chi connectivity index (χ0) is 9.49. The van der Waals surface area contributed by atoms with Gasteiger partial charge in [0, 0.05) is 0 Å². The largest absolute Gasteiger partial charge is 0.618 e. The van der Waals surface area contributed by atoms with Crippen LogP contribution in [0, 0.1) is 11.3 Å². The Morgan fingerprint density at radius 1 is 1.18 bits per heavy atom. The monoisotopic (exact) mass is 208 g/mol. The summed E-state index contributed by atoms with van der Waals surface area (Å²) in [4.78, 5) is 0. The van der Waals surface area contributed by atoms with E-state index in [-0.39, 0.29) is 0 Å². The molecule has 0 aliphatic heterocycles. The molecule has 11 heavy (non-hydrogen) atoms. The summed E-state index contributed by atoms with van der Waals surface area (Å²) in [5.41, 5.74) is 0.522. The summed E-state index contributed by atoms with van der Waals surface area (Å²) in [5.74, 6) is 0.843. The summed E-state index contributed by atoms with van der Waals surface area (Å²) in [6.45, 7) is 11.4. The molecule has 0 atom stereocenters. The summed E-state index contributed by atoms with van der Waals surface area (Å²) < 4.78 is 0. The third kappa shape index (κ3) is 24.6. The molecule has 66 valence electrons. The van der Waals surface area contributed by atoms with Gasteiger partial charge in [-0.05, 0) is 17.8 Å². The van der Waals surface area contributed by atoms with Crippen molar-refractivity contribution < 1.29 is 0 Å². The fourth-order valence-electron chi connectivity index (χ4n) is 1.22. The van der Waals surface area contributed by atoms with Crippen molar-refractivity contribution in [1.29, 1.82) is 0 Å². The predicted octanol–water partition coefficient (Wildman–Crippen LogP) is 4.08. The van der Waals surface area contributed by atoms with Gasteiger partial charge in [-0.1, -0.05) is 34.6 Å². The molecule has 0 nitrogen and oxygen atoms in total. The Morgan fingerprint density at radius 2 is 1.45 bits per heavy atom. The van der Waals surface area contributed by atoms with Crippen molar-refractivity contribution in [2.75, 3.05) is 0 Å². The normalized spacial score (nSPS) is 10.2. The van der Waals surface area contributed by atoms with Gasteiger partial charge in [0.05, 0.1) is 0 Å². The first kappa shape index (κ1) is 14.8. The summed E-state index contributed by atoms with van der Waals surface area (Å²) in [6, 6.07) is 0. The molecule has 3 heteroatoms. The van der Waals surface area contributed by atoms with Gasteiger partial charge in [0.15, 0.2) is 0 Å². The molecular formula is C8H18Cl2Mg. The van der Waals surface area contributed by atoms with Gasteiger partial charge < -0.3 is 18.1 Å². The standard InChI is InChI=1S/C8H18.2ClH.Mg/c1-7(2)6-8(3,4)5;;;/h7H,6H2,1-5H3;2*1H;/q;;;+2/p-2. The van der Waals surface area contributed by atoms with Gasteiger partial charge in [0.2, 0.25) is 0 Å². The van der Waals surface area contributed by atoms with Gasteiger partial charge >= 0.3 is 18.2 Å². The van der Waals surface area contributed by atoms with E-state index >= 15 is 0 Å². The van der Waals surface area contributed by atoms with Crippen molar-refractivity contribution in [3.63, 3.8) is 0 Å². The molecule has 0 aromatic heterocycles. The highest BCUT2D eigenvalue weighted by molar-refractivity contribution is 7.22. The zero-order valence-electron chi connectivity index (χ0n) is 8.25. The van der Waals surface area contributed by atoms with Crippen LogP contribution in [-0.2, 0) is 0 Å². The smallest absolute Gasteiger partial charge is 0.309 e. The van der Waals surface area contributed by atoms with Gasteiger partial charge in [0.1, 0.15) is 0 Å². The fourth-order valence-corrected chi connectivity index (χ4v) is 1.22. The van der Waals surface area contributed by atoms with Crippen LogP contribution in [0.25, 0.3) is 0 Å². The highest BCUT2D eigenvalue weighted by Crippen LogP contribution is 2.23. The minimum absolute atomic E-state index is 0.522. The van der Waals surface area contributed by atoms with Crippen LogP contribution in [0.15, 0.2) is 0 Å². The number of halogens is 2. The Bertz CT molecular complexity index is 76.7. The Labute approximate surface area is 88.3 Å². The van der Waals surface area contributed by atoms with E-state index in [4.69, 9.17) is 18.1 Å². The SMILES string of the molecule is CC(C)CC(C)(C)C.[Cl][Mg][Cl]. The van der Waals surface area contributed by atoms with Gasteiger partial charge in [-0.2, -0.15) is 0 Å². The molecule has 0 aliphatic rings. The molecular weight excluding hydrogens is 191 g/mol. The minimum atomic E-state index is -0.639. The first-order valence-electron chi connectivity index (χ1n) is 3.95. The minimum Gasteiger partial charge on any atom is -0.309 e.